The number of fused-ring (bicyclic) bond motifs is 1. The van der Waals surface area contributed by atoms with Crippen molar-refractivity contribution in [2.75, 3.05) is 0 Å². The highest BCUT2D eigenvalue weighted by Crippen LogP contribution is 2.14. The van der Waals surface area contributed by atoms with Crippen LogP contribution in [-0.2, 0) is 0 Å². The maximum atomic E-state index is 11.8. The molecule has 0 atom stereocenters. The molecule has 0 bridgehead atoms. The molecule has 0 N–H and O–H groups in total. The van der Waals surface area contributed by atoms with Crippen molar-refractivity contribution in [3.05, 3.63) is 62.5 Å². The van der Waals surface area contributed by atoms with Gasteiger partial charge in [0.05, 0.1) is 5.69 Å². The lowest BCUT2D eigenvalue weighted by Gasteiger charge is -2.01. The van der Waals surface area contributed by atoms with Gasteiger partial charge in [0.2, 0.25) is 4.96 Å². The van der Waals surface area contributed by atoms with Gasteiger partial charge in [0, 0.05) is 6.07 Å². The summed E-state index contributed by atoms with van der Waals surface area (Å²) in [7, 11) is 0. The van der Waals surface area contributed by atoms with Gasteiger partial charge in [0.25, 0.3) is 5.56 Å². The number of hydrogen-bond donors (Lipinski definition) is 0. The van der Waals surface area contributed by atoms with Gasteiger partial charge in [-0.2, -0.15) is 9.61 Å². The van der Waals surface area contributed by atoms with Crippen molar-refractivity contribution < 1.29 is 0 Å². The Hall–Kier alpha value is -2.27. The lowest BCUT2D eigenvalue weighted by atomic mass is 10.1. The highest BCUT2D eigenvalue weighted by molar-refractivity contribution is 7.14. The van der Waals surface area contributed by atoms with Gasteiger partial charge in [-0.15, -0.1) is 0 Å². The van der Waals surface area contributed by atoms with Gasteiger partial charge in [-0.1, -0.05) is 41.2 Å². The Labute approximate surface area is 120 Å². The summed E-state index contributed by atoms with van der Waals surface area (Å²) in [6.45, 7) is 4.14. The first-order valence-corrected chi connectivity index (χ1v) is 7.10. The fourth-order valence-corrected chi connectivity index (χ4v) is 2.68. The monoisotopic (exact) mass is 283 g/mol. The molecule has 3 rings (SSSR count). The van der Waals surface area contributed by atoms with Crippen LogP contribution in [0.25, 0.3) is 17.1 Å². The summed E-state index contributed by atoms with van der Waals surface area (Å²) >= 11 is 1.35. The van der Waals surface area contributed by atoms with Crippen LogP contribution >= 0.6 is 11.3 Å². The van der Waals surface area contributed by atoms with Crippen LogP contribution in [0, 0.1) is 13.8 Å². The summed E-state index contributed by atoms with van der Waals surface area (Å²) in [6.07, 6.45) is 3.84. The Bertz CT molecular complexity index is 861. The second-order valence-corrected chi connectivity index (χ2v) is 5.46. The van der Waals surface area contributed by atoms with E-state index in [1.165, 1.54) is 33.0 Å². The van der Waals surface area contributed by atoms with Crippen molar-refractivity contribution in [1.29, 1.82) is 0 Å². The third kappa shape index (κ3) is 2.40. The predicted octanol–water partition coefficient (Wildman–Crippen LogP) is 2.94. The third-order valence-corrected chi connectivity index (χ3v) is 3.74. The number of benzene rings is 1. The van der Waals surface area contributed by atoms with E-state index in [-0.39, 0.29) is 5.56 Å². The standard InChI is InChI=1S/C15H13N3OS/c1-10-3-4-12(11(2)7-10)5-6-13-8-14(19)18-15(17-13)20-9-16-18/h3-9H,1-2H3. The normalized spacial score (nSPS) is 11.5. The smallest absolute Gasteiger partial charge is 0.267 e. The first-order valence-electron chi connectivity index (χ1n) is 6.22. The van der Waals surface area contributed by atoms with Gasteiger partial charge in [-0.05, 0) is 31.1 Å². The SMILES string of the molecule is Cc1ccc(C=Cc2cc(=O)n3ncsc3n2)c(C)c1. The van der Waals surface area contributed by atoms with Gasteiger partial charge in [-0.3, -0.25) is 4.79 Å². The zero-order chi connectivity index (χ0) is 14.1. The molecule has 0 radical (unpaired) electrons. The molecule has 0 saturated heterocycles. The zero-order valence-corrected chi connectivity index (χ0v) is 12.0. The minimum absolute atomic E-state index is 0.156. The van der Waals surface area contributed by atoms with Gasteiger partial charge in [0.15, 0.2) is 0 Å². The van der Waals surface area contributed by atoms with E-state index in [0.29, 0.717) is 10.7 Å². The molecular formula is C15H13N3OS. The number of hydrogen-bond acceptors (Lipinski definition) is 4. The van der Waals surface area contributed by atoms with E-state index >= 15 is 0 Å². The molecule has 2 aromatic heterocycles. The van der Waals surface area contributed by atoms with Gasteiger partial charge in [0.1, 0.15) is 5.51 Å². The quantitative estimate of drug-likeness (QED) is 0.726. The van der Waals surface area contributed by atoms with Crippen LogP contribution in [0.5, 0.6) is 0 Å². The fraction of sp³-hybridized carbons (Fsp3) is 0.133. The van der Waals surface area contributed by atoms with Crippen LogP contribution in [0.3, 0.4) is 0 Å². The fourth-order valence-electron chi connectivity index (χ4n) is 2.05. The molecule has 5 heteroatoms. The van der Waals surface area contributed by atoms with Gasteiger partial charge >= 0.3 is 0 Å². The maximum Gasteiger partial charge on any atom is 0.275 e. The topological polar surface area (TPSA) is 47.3 Å². The van der Waals surface area contributed by atoms with Crippen molar-refractivity contribution in [2.24, 2.45) is 0 Å². The summed E-state index contributed by atoms with van der Waals surface area (Å²) in [6, 6.07) is 7.77. The van der Waals surface area contributed by atoms with Crippen LogP contribution < -0.4 is 5.56 Å². The Balaban J connectivity index is 1.99. The highest BCUT2D eigenvalue weighted by atomic mass is 32.1. The maximum absolute atomic E-state index is 11.8. The van der Waals surface area contributed by atoms with E-state index in [2.05, 4.69) is 42.1 Å². The second-order valence-electron chi connectivity index (χ2n) is 4.65. The average molecular weight is 283 g/mol. The summed E-state index contributed by atoms with van der Waals surface area (Å²) < 4.78 is 1.30. The van der Waals surface area contributed by atoms with Crippen molar-refractivity contribution >= 4 is 28.4 Å². The number of aryl methyl sites for hydroxylation is 2. The van der Waals surface area contributed by atoms with Crippen molar-refractivity contribution in [2.45, 2.75) is 13.8 Å². The highest BCUT2D eigenvalue weighted by Gasteiger charge is 2.02. The molecule has 0 saturated carbocycles. The number of nitrogens with zero attached hydrogens (tertiary/aromatic N) is 3. The van der Waals surface area contributed by atoms with E-state index in [4.69, 9.17) is 0 Å². The summed E-state index contributed by atoms with van der Waals surface area (Å²) in [5.41, 5.74) is 5.68. The molecule has 2 heterocycles. The van der Waals surface area contributed by atoms with Crippen LogP contribution in [0.4, 0.5) is 0 Å². The number of rotatable bonds is 2. The molecule has 0 aliphatic rings. The van der Waals surface area contributed by atoms with E-state index < -0.39 is 0 Å². The molecule has 4 nitrogen and oxygen atoms in total. The van der Waals surface area contributed by atoms with Crippen LogP contribution in [-0.4, -0.2) is 14.6 Å². The predicted molar refractivity (Wildman–Crippen MR) is 82.0 cm³/mol. The molecule has 1 aromatic carbocycles. The molecule has 0 amide bonds. The molecule has 100 valence electrons. The van der Waals surface area contributed by atoms with Crippen LogP contribution in [0.2, 0.25) is 0 Å². The Morgan fingerprint density at radius 3 is 2.85 bits per heavy atom. The van der Waals surface area contributed by atoms with Gasteiger partial charge in [-0.25, -0.2) is 4.98 Å². The Morgan fingerprint density at radius 2 is 2.05 bits per heavy atom. The van der Waals surface area contributed by atoms with E-state index in [1.807, 2.05) is 12.2 Å². The molecular weight excluding hydrogens is 270 g/mol. The van der Waals surface area contributed by atoms with Crippen LogP contribution in [0.15, 0.2) is 34.6 Å². The largest absolute Gasteiger partial charge is 0.275 e. The summed E-state index contributed by atoms with van der Waals surface area (Å²) in [5, 5.41) is 3.94. The third-order valence-electron chi connectivity index (χ3n) is 3.07. The molecule has 0 spiro atoms. The Kier molecular flexibility index (Phi) is 3.20. The lowest BCUT2D eigenvalue weighted by molar-refractivity contribution is 0.897. The minimum atomic E-state index is -0.156. The Morgan fingerprint density at radius 1 is 1.20 bits per heavy atom. The molecule has 0 fully saturated rings. The lowest BCUT2D eigenvalue weighted by Crippen LogP contribution is -2.13. The molecule has 3 aromatic rings. The van der Waals surface area contributed by atoms with E-state index in [9.17, 15) is 4.79 Å². The summed E-state index contributed by atoms with van der Waals surface area (Å²) in [4.78, 5) is 16.8. The van der Waals surface area contributed by atoms with Gasteiger partial charge < -0.3 is 0 Å². The summed E-state index contributed by atoms with van der Waals surface area (Å²) in [5.74, 6) is 0. The zero-order valence-electron chi connectivity index (χ0n) is 11.2. The van der Waals surface area contributed by atoms with Crippen molar-refractivity contribution in [3.8, 4) is 0 Å². The first kappa shape index (κ1) is 12.7. The minimum Gasteiger partial charge on any atom is -0.267 e. The molecule has 20 heavy (non-hydrogen) atoms. The average Bonchev–Trinajstić information content (AvgIpc) is 2.86. The second kappa shape index (κ2) is 5.02. The number of aromatic nitrogens is 3. The molecule has 0 aliphatic carbocycles. The molecule has 0 unspecified atom stereocenters. The first-order chi connectivity index (χ1) is 9.63. The van der Waals surface area contributed by atoms with E-state index in [1.54, 1.807) is 5.51 Å². The van der Waals surface area contributed by atoms with Crippen molar-refractivity contribution in [1.82, 2.24) is 14.6 Å². The van der Waals surface area contributed by atoms with E-state index in [0.717, 1.165) is 5.56 Å². The van der Waals surface area contributed by atoms with Crippen LogP contribution in [0.1, 0.15) is 22.4 Å². The van der Waals surface area contributed by atoms with Crippen molar-refractivity contribution in [3.63, 3.8) is 0 Å². The molecule has 0 aliphatic heterocycles.